The van der Waals surface area contributed by atoms with Crippen LogP contribution in [-0.4, -0.2) is 44.7 Å². The van der Waals surface area contributed by atoms with E-state index in [2.05, 4.69) is 10.0 Å². The molecule has 0 radical (unpaired) electrons. The third kappa shape index (κ3) is 4.65. The van der Waals surface area contributed by atoms with Gasteiger partial charge in [-0.25, -0.2) is 13.1 Å². The summed E-state index contributed by atoms with van der Waals surface area (Å²) in [6, 6.07) is 11.3. The van der Waals surface area contributed by atoms with E-state index in [1.165, 1.54) is 18.1 Å². The Morgan fingerprint density at radius 2 is 2.04 bits per heavy atom. The number of nitriles is 1. The first-order chi connectivity index (χ1) is 13.4. The molecule has 2 aromatic rings. The molecule has 3 N–H and O–H groups in total. The van der Waals surface area contributed by atoms with Crippen molar-refractivity contribution in [2.75, 3.05) is 25.5 Å². The smallest absolute Gasteiger partial charge is 0.244 e. The third-order valence-corrected chi connectivity index (χ3v) is 6.08. The molecule has 8 nitrogen and oxygen atoms in total. The van der Waals surface area contributed by atoms with Gasteiger partial charge in [0.05, 0.1) is 7.11 Å². The number of aromatic hydroxyl groups is 1. The zero-order valence-electron chi connectivity index (χ0n) is 15.4. The van der Waals surface area contributed by atoms with Gasteiger partial charge in [-0.2, -0.15) is 5.26 Å². The number of ether oxygens (including phenoxy) is 1. The fourth-order valence-electron chi connectivity index (χ4n) is 3.04. The number of hydrogen-bond donors (Lipinski definition) is 3. The van der Waals surface area contributed by atoms with Gasteiger partial charge in [-0.05, 0) is 42.3 Å². The van der Waals surface area contributed by atoms with Crippen LogP contribution in [-0.2, 0) is 16.6 Å². The summed E-state index contributed by atoms with van der Waals surface area (Å²) in [6.45, 7) is 1.37. The molecular weight excluding hydrogens is 380 g/mol. The number of likely N-dealkylation sites (tertiary alicyclic amines) is 1. The van der Waals surface area contributed by atoms with Gasteiger partial charge in [-0.15, -0.1) is 0 Å². The predicted octanol–water partition coefficient (Wildman–Crippen LogP) is 1.85. The maximum atomic E-state index is 12.9. The summed E-state index contributed by atoms with van der Waals surface area (Å²) in [7, 11) is -2.39. The highest BCUT2D eigenvalue weighted by molar-refractivity contribution is 7.89. The normalized spacial score (nSPS) is 16.6. The minimum Gasteiger partial charge on any atom is -0.508 e. The lowest BCUT2D eigenvalue weighted by Gasteiger charge is -2.16. The van der Waals surface area contributed by atoms with E-state index < -0.39 is 10.0 Å². The molecule has 1 aliphatic rings. The first-order valence-electron chi connectivity index (χ1n) is 8.78. The van der Waals surface area contributed by atoms with E-state index in [9.17, 15) is 13.5 Å². The summed E-state index contributed by atoms with van der Waals surface area (Å²) in [5.41, 5.74) is 1.57. The van der Waals surface area contributed by atoms with Crippen LogP contribution in [0.5, 0.6) is 11.5 Å². The van der Waals surface area contributed by atoms with Gasteiger partial charge >= 0.3 is 0 Å². The molecule has 3 rings (SSSR count). The molecule has 28 heavy (non-hydrogen) atoms. The molecule has 1 heterocycles. The number of nitrogens with zero attached hydrogens (tertiary/aromatic N) is 2. The second-order valence-electron chi connectivity index (χ2n) is 6.54. The van der Waals surface area contributed by atoms with E-state index in [0.29, 0.717) is 31.7 Å². The van der Waals surface area contributed by atoms with Crippen molar-refractivity contribution in [2.24, 2.45) is 0 Å². The number of nitrogens with one attached hydrogen (secondary N) is 2. The van der Waals surface area contributed by atoms with Gasteiger partial charge in [0.2, 0.25) is 10.0 Å². The molecule has 0 unspecified atom stereocenters. The maximum absolute atomic E-state index is 12.9. The Bertz CT molecular complexity index is 970. The van der Waals surface area contributed by atoms with Crippen LogP contribution in [0.4, 0.5) is 5.69 Å². The molecule has 9 heteroatoms. The monoisotopic (exact) mass is 402 g/mol. The quantitative estimate of drug-likeness (QED) is 0.606. The molecule has 0 amide bonds. The molecule has 0 saturated carbocycles. The van der Waals surface area contributed by atoms with Crippen molar-refractivity contribution in [1.29, 1.82) is 5.26 Å². The summed E-state index contributed by atoms with van der Waals surface area (Å²) in [4.78, 5) is 1.57. The van der Waals surface area contributed by atoms with Gasteiger partial charge in [0.15, 0.2) is 6.19 Å². The predicted molar refractivity (Wildman–Crippen MR) is 104 cm³/mol. The zero-order valence-corrected chi connectivity index (χ0v) is 16.2. The largest absolute Gasteiger partial charge is 0.508 e. The number of benzene rings is 2. The Balaban J connectivity index is 1.76. The van der Waals surface area contributed by atoms with Crippen LogP contribution in [0, 0.1) is 11.5 Å². The summed E-state index contributed by atoms with van der Waals surface area (Å²) >= 11 is 0. The second-order valence-corrected chi connectivity index (χ2v) is 8.22. The zero-order chi connectivity index (χ0) is 20.1. The SMILES string of the molecule is COc1ccc(NCc2ccc(O)cc2)cc1S(=O)(=O)N[C@@H]1CCN(C#N)C1. The minimum atomic E-state index is -3.81. The summed E-state index contributed by atoms with van der Waals surface area (Å²) in [5, 5.41) is 21.5. The summed E-state index contributed by atoms with van der Waals surface area (Å²) in [6.07, 6.45) is 2.61. The minimum absolute atomic E-state index is 0.0427. The van der Waals surface area contributed by atoms with Crippen LogP contribution >= 0.6 is 0 Å². The van der Waals surface area contributed by atoms with Gasteiger partial charge in [0.1, 0.15) is 16.4 Å². The highest BCUT2D eigenvalue weighted by Gasteiger charge is 2.28. The Labute approximate surface area is 164 Å². The van der Waals surface area contributed by atoms with Crippen molar-refractivity contribution in [3.63, 3.8) is 0 Å². The number of rotatable bonds is 7. The molecule has 1 aliphatic heterocycles. The Kier molecular flexibility index (Phi) is 5.92. The number of anilines is 1. The molecule has 1 saturated heterocycles. The lowest BCUT2D eigenvalue weighted by atomic mass is 10.2. The lowest BCUT2D eigenvalue weighted by Crippen LogP contribution is -2.36. The third-order valence-electron chi connectivity index (χ3n) is 4.54. The molecule has 0 bridgehead atoms. The number of phenols is 1. The number of sulfonamides is 1. The van der Waals surface area contributed by atoms with Crippen LogP contribution in [0.1, 0.15) is 12.0 Å². The number of phenolic OH excluding ortho intramolecular Hbond substituents is 1. The number of methoxy groups -OCH3 is 1. The molecule has 0 aliphatic carbocycles. The Morgan fingerprint density at radius 3 is 2.68 bits per heavy atom. The average Bonchev–Trinajstić information content (AvgIpc) is 3.14. The van der Waals surface area contributed by atoms with Gasteiger partial charge < -0.3 is 20.1 Å². The van der Waals surface area contributed by atoms with E-state index in [1.807, 2.05) is 6.19 Å². The Morgan fingerprint density at radius 1 is 1.29 bits per heavy atom. The Hall–Kier alpha value is -2.96. The molecule has 2 aromatic carbocycles. The van der Waals surface area contributed by atoms with Gasteiger partial charge in [0.25, 0.3) is 0 Å². The molecule has 0 spiro atoms. The van der Waals surface area contributed by atoms with Crippen LogP contribution in [0.25, 0.3) is 0 Å². The van der Waals surface area contributed by atoms with Crippen LogP contribution in [0.15, 0.2) is 47.4 Å². The summed E-state index contributed by atoms with van der Waals surface area (Å²) in [5.74, 6) is 0.437. The van der Waals surface area contributed by atoms with Crippen LogP contribution in [0.2, 0.25) is 0 Å². The molecule has 148 valence electrons. The number of hydrogen-bond acceptors (Lipinski definition) is 7. The first kappa shape index (κ1) is 19.8. The topological polar surface area (TPSA) is 115 Å². The van der Waals surface area contributed by atoms with Crippen molar-refractivity contribution >= 4 is 15.7 Å². The van der Waals surface area contributed by atoms with E-state index in [1.54, 1.807) is 36.4 Å². The maximum Gasteiger partial charge on any atom is 0.244 e. The molecule has 1 atom stereocenters. The van der Waals surface area contributed by atoms with Crippen LogP contribution < -0.4 is 14.8 Å². The van der Waals surface area contributed by atoms with Gasteiger partial charge in [-0.1, -0.05) is 12.1 Å². The van der Waals surface area contributed by atoms with E-state index in [-0.39, 0.29) is 22.4 Å². The van der Waals surface area contributed by atoms with Crippen molar-refractivity contribution < 1.29 is 18.3 Å². The van der Waals surface area contributed by atoms with Crippen molar-refractivity contribution in [1.82, 2.24) is 9.62 Å². The van der Waals surface area contributed by atoms with E-state index >= 15 is 0 Å². The average molecular weight is 402 g/mol. The fraction of sp³-hybridized carbons (Fsp3) is 0.316. The van der Waals surface area contributed by atoms with Crippen molar-refractivity contribution in [2.45, 2.75) is 23.9 Å². The highest BCUT2D eigenvalue weighted by Crippen LogP contribution is 2.28. The highest BCUT2D eigenvalue weighted by atomic mass is 32.2. The lowest BCUT2D eigenvalue weighted by molar-refractivity contribution is 0.402. The summed E-state index contributed by atoms with van der Waals surface area (Å²) < 4.78 is 33.7. The van der Waals surface area contributed by atoms with E-state index in [4.69, 9.17) is 10.00 Å². The van der Waals surface area contributed by atoms with Gasteiger partial charge in [0, 0.05) is 31.4 Å². The first-order valence-corrected chi connectivity index (χ1v) is 10.3. The second kappa shape index (κ2) is 8.37. The molecule has 1 fully saturated rings. The van der Waals surface area contributed by atoms with E-state index in [0.717, 1.165) is 5.56 Å². The molecular formula is C19H22N4O4S. The van der Waals surface area contributed by atoms with Crippen LogP contribution in [0.3, 0.4) is 0 Å². The van der Waals surface area contributed by atoms with Gasteiger partial charge in [-0.3, -0.25) is 0 Å². The molecule has 0 aromatic heterocycles. The standard InChI is InChI=1S/C19H22N4O4S/c1-27-18-7-4-15(21-11-14-2-5-17(24)6-3-14)10-19(18)28(25,26)22-16-8-9-23(12-16)13-20/h2-7,10,16,21-22,24H,8-9,11-12H2,1H3/t16-/m1/s1. The van der Waals surface area contributed by atoms with Crippen molar-refractivity contribution in [3.8, 4) is 17.7 Å². The van der Waals surface area contributed by atoms with Crippen molar-refractivity contribution in [3.05, 3.63) is 48.0 Å². The fourth-order valence-corrected chi connectivity index (χ4v) is 4.50.